The molecule has 0 atom stereocenters. The summed E-state index contributed by atoms with van der Waals surface area (Å²) in [5, 5.41) is 4.19. The summed E-state index contributed by atoms with van der Waals surface area (Å²) >= 11 is 5.77. The van der Waals surface area contributed by atoms with Crippen LogP contribution in [0.4, 0.5) is 4.39 Å². The second kappa shape index (κ2) is 6.62. The Morgan fingerprint density at radius 2 is 2.00 bits per heavy atom. The Morgan fingerprint density at radius 3 is 2.67 bits per heavy atom. The van der Waals surface area contributed by atoms with Gasteiger partial charge in [-0.25, -0.2) is 21.8 Å². The fourth-order valence-electron chi connectivity index (χ4n) is 2.57. The molecule has 0 N–H and O–H groups in total. The number of hydrogen-bond donors (Lipinski definition) is 0. The lowest BCUT2D eigenvalue weighted by atomic mass is 10.1. The van der Waals surface area contributed by atoms with Crippen molar-refractivity contribution in [3.63, 3.8) is 0 Å². The smallest absolute Gasteiger partial charge is 0.266 e. The molecule has 0 saturated carbocycles. The molecule has 0 bridgehead atoms. The van der Waals surface area contributed by atoms with E-state index in [1.54, 1.807) is 0 Å². The van der Waals surface area contributed by atoms with E-state index in [1.165, 1.54) is 39.3 Å². The first-order valence-electron chi connectivity index (χ1n) is 7.38. The van der Waals surface area contributed by atoms with Gasteiger partial charge >= 0.3 is 0 Å². The van der Waals surface area contributed by atoms with Crippen LogP contribution in [0.15, 0.2) is 35.1 Å². The molecule has 1 aliphatic heterocycles. The number of benzene rings is 1. The van der Waals surface area contributed by atoms with Gasteiger partial charge in [0, 0.05) is 24.7 Å². The van der Waals surface area contributed by atoms with Crippen molar-refractivity contribution in [2.75, 3.05) is 18.8 Å². The normalized spacial score (nSPS) is 17.2. The lowest BCUT2D eigenvalue weighted by Gasteiger charge is -2.14. The van der Waals surface area contributed by atoms with Gasteiger partial charge in [-0.1, -0.05) is 11.6 Å². The average molecular weight is 372 g/mol. The van der Waals surface area contributed by atoms with Crippen LogP contribution in [-0.2, 0) is 16.6 Å². The minimum atomic E-state index is -3.21. The Labute approximate surface area is 143 Å². The third-order valence-corrected chi connectivity index (χ3v) is 6.09. The molecule has 2 aromatic rings. The summed E-state index contributed by atoms with van der Waals surface area (Å²) in [6.07, 6.45) is 0.596. The number of rotatable bonds is 4. The fourth-order valence-corrected chi connectivity index (χ4v) is 4.27. The molecule has 2 heterocycles. The largest absolute Gasteiger partial charge is 0.268 e. The molecule has 1 fully saturated rings. The Balaban J connectivity index is 1.84. The molecule has 3 rings (SSSR count). The maximum atomic E-state index is 13.3. The lowest BCUT2D eigenvalue weighted by molar-refractivity contribution is 0.403. The van der Waals surface area contributed by atoms with E-state index in [-0.39, 0.29) is 29.4 Å². The molecule has 0 amide bonds. The van der Waals surface area contributed by atoms with Crippen LogP contribution in [0.1, 0.15) is 6.42 Å². The van der Waals surface area contributed by atoms with Crippen LogP contribution in [0.25, 0.3) is 11.3 Å². The molecule has 1 saturated heterocycles. The summed E-state index contributed by atoms with van der Waals surface area (Å²) in [7, 11) is -3.21. The molecular weight excluding hydrogens is 357 g/mol. The van der Waals surface area contributed by atoms with Crippen LogP contribution < -0.4 is 5.56 Å². The van der Waals surface area contributed by atoms with Crippen LogP contribution in [0.2, 0.25) is 5.02 Å². The summed E-state index contributed by atoms with van der Waals surface area (Å²) < 4.78 is 39.4. The highest BCUT2D eigenvalue weighted by atomic mass is 35.5. The summed E-state index contributed by atoms with van der Waals surface area (Å²) in [6, 6.07) is 7.04. The molecule has 0 radical (unpaired) electrons. The zero-order valence-electron chi connectivity index (χ0n) is 12.7. The van der Waals surface area contributed by atoms with E-state index in [1.807, 2.05) is 0 Å². The first-order chi connectivity index (χ1) is 11.4. The quantitative estimate of drug-likeness (QED) is 0.820. The molecule has 1 aliphatic rings. The topological polar surface area (TPSA) is 72.3 Å². The molecule has 9 heteroatoms. The zero-order valence-corrected chi connectivity index (χ0v) is 14.2. The highest BCUT2D eigenvalue weighted by Crippen LogP contribution is 2.22. The van der Waals surface area contributed by atoms with Gasteiger partial charge in [0.2, 0.25) is 10.0 Å². The van der Waals surface area contributed by atoms with Crippen molar-refractivity contribution >= 4 is 21.6 Å². The van der Waals surface area contributed by atoms with E-state index in [0.29, 0.717) is 24.2 Å². The Bertz CT molecular complexity index is 930. The number of halogens is 2. The maximum absolute atomic E-state index is 13.3. The van der Waals surface area contributed by atoms with Gasteiger partial charge < -0.3 is 0 Å². The number of aromatic nitrogens is 2. The van der Waals surface area contributed by atoms with Crippen molar-refractivity contribution < 1.29 is 12.8 Å². The van der Waals surface area contributed by atoms with Crippen molar-refractivity contribution in [2.45, 2.75) is 13.0 Å². The molecule has 6 nitrogen and oxygen atoms in total. The van der Waals surface area contributed by atoms with Crippen LogP contribution in [0, 0.1) is 5.82 Å². The monoisotopic (exact) mass is 371 g/mol. The van der Waals surface area contributed by atoms with E-state index in [2.05, 4.69) is 5.10 Å². The van der Waals surface area contributed by atoms with Crippen LogP contribution in [-0.4, -0.2) is 41.3 Å². The second-order valence-electron chi connectivity index (χ2n) is 5.48. The van der Waals surface area contributed by atoms with Crippen molar-refractivity contribution in [2.24, 2.45) is 0 Å². The Kier molecular flexibility index (Phi) is 4.71. The predicted octanol–water partition coefficient (Wildman–Crippen LogP) is 1.74. The summed E-state index contributed by atoms with van der Waals surface area (Å²) in [6.45, 7) is 0.814. The van der Waals surface area contributed by atoms with Crippen molar-refractivity contribution in [3.8, 4) is 11.3 Å². The van der Waals surface area contributed by atoms with E-state index in [9.17, 15) is 17.6 Å². The molecule has 24 heavy (non-hydrogen) atoms. The van der Waals surface area contributed by atoms with Gasteiger partial charge in [0.15, 0.2) is 0 Å². The first-order valence-corrected chi connectivity index (χ1v) is 9.37. The molecule has 128 valence electrons. The van der Waals surface area contributed by atoms with Crippen LogP contribution in [0.5, 0.6) is 0 Å². The summed E-state index contributed by atoms with van der Waals surface area (Å²) in [5.41, 5.74) is 0.702. The third-order valence-electron chi connectivity index (χ3n) is 3.85. The minimum absolute atomic E-state index is 0.0322. The van der Waals surface area contributed by atoms with E-state index < -0.39 is 15.8 Å². The number of hydrogen-bond acceptors (Lipinski definition) is 4. The van der Waals surface area contributed by atoms with Crippen molar-refractivity contribution in [1.29, 1.82) is 0 Å². The Morgan fingerprint density at radius 1 is 1.21 bits per heavy atom. The van der Waals surface area contributed by atoms with Crippen LogP contribution >= 0.6 is 11.6 Å². The zero-order chi connectivity index (χ0) is 17.3. The molecular formula is C15H15ClFN3O3S. The van der Waals surface area contributed by atoms with Gasteiger partial charge in [0.25, 0.3) is 5.56 Å². The second-order valence-corrected chi connectivity index (χ2v) is 7.97. The van der Waals surface area contributed by atoms with Gasteiger partial charge in [0.1, 0.15) is 5.82 Å². The molecule has 1 aromatic carbocycles. The SMILES string of the molecule is O=c1ccc(-c2ccc(F)c(Cl)c2)nn1CCN1CCCS1(=O)=O. The van der Waals surface area contributed by atoms with Crippen molar-refractivity contribution in [1.82, 2.24) is 14.1 Å². The standard InChI is InChI=1S/C15H15ClFN3O3S/c16-12-10-11(2-3-13(12)17)14-4-5-15(21)20(18-14)8-7-19-6-1-9-24(19,22)23/h2-5,10H,1,6-9H2. The van der Waals surface area contributed by atoms with Crippen molar-refractivity contribution in [3.05, 3.63) is 51.5 Å². The third kappa shape index (κ3) is 3.50. The predicted molar refractivity (Wildman–Crippen MR) is 88.9 cm³/mol. The summed E-state index contributed by atoms with van der Waals surface area (Å²) in [4.78, 5) is 11.9. The number of sulfonamides is 1. The first kappa shape index (κ1) is 17.1. The average Bonchev–Trinajstić information content (AvgIpc) is 2.88. The van der Waals surface area contributed by atoms with Gasteiger partial charge in [-0.3, -0.25) is 4.79 Å². The van der Waals surface area contributed by atoms with Gasteiger partial charge in [-0.15, -0.1) is 0 Å². The summed E-state index contributed by atoms with van der Waals surface area (Å²) in [5.74, 6) is -0.392. The van der Waals surface area contributed by atoms with Crippen LogP contribution in [0.3, 0.4) is 0 Å². The van der Waals surface area contributed by atoms with E-state index >= 15 is 0 Å². The molecule has 0 aliphatic carbocycles. The van der Waals surface area contributed by atoms with Gasteiger partial charge in [0.05, 0.1) is 23.0 Å². The lowest BCUT2D eigenvalue weighted by Crippen LogP contribution is -2.33. The maximum Gasteiger partial charge on any atom is 0.266 e. The highest BCUT2D eigenvalue weighted by molar-refractivity contribution is 7.89. The minimum Gasteiger partial charge on any atom is -0.268 e. The van der Waals surface area contributed by atoms with Gasteiger partial charge in [-0.2, -0.15) is 5.10 Å². The molecule has 0 unspecified atom stereocenters. The van der Waals surface area contributed by atoms with E-state index in [0.717, 1.165) is 0 Å². The number of nitrogens with zero attached hydrogens (tertiary/aromatic N) is 3. The molecule has 1 aromatic heterocycles. The Hall–Kier alpha value is -1.77. The fraction of sp³-hybridized carbons (Fsp3) is 0.333. The highest BCUT2D eigenvalue weighted by Gasteiger charge is 2.27. The van der Waals surface area contributed by atoms with E-state index in [4.69, 9.17) is 11.6 Å². The van der Waals surface area contributed by atoms with Gasteiger partial charge in [-0.05, 0) is 30.7 Å². The molecule has 0 spiro atoms.